The van der Waals surface area contributed by atoms with Gasteiger partial charge in [-0.15, -0.1) is 0 Å². The number of carboxylic acids is 1. The molecule has 0 radical (unpaired) electrons. The summed E-state index contributed by atoms with van der Waals surface area (Å²) in [6, 6.07) is 13.3. The minimum absolute atomic E-state index is 0.284. The predicted molar refractivity (Wildman–Crippen MR) is 77.0 cm³/mol. The zero-order chi connectivity index (χ0) is 14.1. The topological polar surface area (TPSA) is 55.1 Å². The Kier molecular flexibility index (Phi) is 2.99. The van der Waals surface area contributed by atoms with Gasteiger partial charge in [0.05, 0.1) is 22.9 Å². The molecule has 100 valence electrons. The van der Waals surface area contributed by atoms with Gasteiger partial charge in [0.2, 0.25) is 0 Å². The van der Waals surface area contributed by atoms with Crippen LogP contribution in [0.1, 0.15) is 21.5 Å². The fourth-order valence-corrected chi connectivity index (χ4v) is 2.31. The molecule has 0 amide bonds. The Balaban J connectivity index is 2.07. The third-order valence-corrected chi connectivity index (χ3v) is 3.34. The van der Waals surface area contributed by atoms with Crippen LogP contribution in [0, 0.1) is 6.92 Å². The van der Waals surface area contributed by atoms with Crippen molar-refractivity contribution in [2.24, 2.45) is 0 Å². The number of aromatic carboxylic acids is 1. The first-order chi connectivity index (χ1) is 9.65. The maximum atomic E-state index is 11.3. The number of aromatic nitrogens is 2. The molecule has 0 aliphatic heterocycles. The number of carboxylic acid groups (broad SMARTS) is 1. The second-order valence-corrected chi connectivity index (χ2v) is 4.84. The molecule has 1 heterocycles. The average molecular weight is 266 g/mol. The molecule has 1 aromatic heterocycles. The van der Waals surface area contributed by atoms with Crippen molar-refractivity contribution in [1.82, 2.24) is 9.55 Å². The van der Waals surface area contributed by atoms with Crippen LogP contribution in [0.3, 0.4) is 0 Å². The number of benzene rings is 2. The maximum Gasteiger partial charge on any atom is 0.337 e. The van der Waals surface area contributed by atoms with Crippen molar-refractivity contribution in [3.05, 3.63) is 65.5 Å². The van der Waals surface area contributed by atoms with Gasteiger partial charge in [-0.1, -0.05) is 35.9 Å². The van der Waals surface area contributed by atoms with Crippen LogP contribution in [0.25, 0.3) is 11.0 Å². The third kappa shape index (κ3) is 2.16. The Morgan fingerprint density at radius 2 is 1.95 bits per heavy atom. The minimum Gasteiger partial charge on any atom is -0.478 e. The van der Waals surface area contributed by atoms with Crippen molar-refractivity contribution in [2.75, 3.05) is 0 Å². The van der Waals surface area contributed by atoms with Gasteiger partial charge in [0.15, 0.2) is 0 Å². The summed E-state index contributed by atoms with van der Waals surface area (Å²) in [6.45, 7) is 2.65. The summed E-state index contributed by atoms with van der Waals surface area (Å²) >= 11 is 0. The van der Waals surface area contributed by atoms with E-state index in [1.165, 1.54) is 5.56 Å². The van der Waals surface area contributed by atoms with Crippen LogP contribution in [-0.2, 0) is 6.54 Å². The van der Waals surface area contributed by atoms with Crippen molar-refractivity contribution in [1.29, 1.82) is 0 Å². The highest BCUT2D eigenvalue weighted by Crippen LogP contribution is 2.19. The molecule has 0 unspecified atom stereocenters. The normalized spacial score (nSPS) is 10.8. The molecule has 2 aromatic carbocycles. The summed E-state index contributed by atoms with van der Waals surface area (Å²) in [5.74, 6) is -0.929. The first-order valence-electron chi connectivity index (χ1n) is 6.38. The Morgan fingerprint density at radius 3 is 2.65 bits per heavy atom. The van der Waals surface area contributed by atoms with Crippen molar-refractivity contribution in [3.8, 4) is 0 Å². The first kappa shape index (κ1) is 12.4. The van der Waals surface area contributed by atoms with Crippen LogP contribution in [0.15, 0.2) is 48.8 Å². The largest absolute Gasteiger partial charge is 0.478 e. The van der Waals surface area contributed by atoms with Crippen LogP contribution in [-0.4, -0.2) is 20.6 Å². The van der Waals surface area contributed by atoms with Crippen LogP contribution in [0.2, 0.25) is 0 Å². The number of hydrogen-bond acceptors (Lipinski definition) is 2. The lowest BCUT2D eigenvalue weighted by Crippen LogP contribution is -2.04. The number of para-hydroxylation sites is 1. The lowest BCUT2D eigenvalue weighted by atomic mass is 10.1. The molecule has 3 aromatic rings. The van der Waals surface area contributed by atoms with Gasteiger partial charge in [0.25, 0.3) is 0 Å². The summed E-state index contributed by atoms with van der Waals surface area (Å²) < 4.78 is 1.88. The molecule has 0 aliphatic carbocycles. The molecule has 4 nitrogen and oxygen atoms in total. The zero-order valence-electron chi connectivity index (χ0n) is 11.1. The average Bonchev–Trinajstić information content (AvgIpc) is 2.84. The Hall–Kier alpha value is -2.62. The second-order valence-electron chi connectivity index (χ2n) is 4.84. The molecule has 0 bridgehead atoms. The van der Waals surface area contributed by atoms with E-state index in [0.717, 1.165) is 5.56 Å². The highest BCUT2D eigenvalue weighted by Gasteiger charge is 2.13. The van der Waals surface area contributed by atoms with Gasteiger partial charge in [-0.2, -0.15) is 0 Å². The van der Waals surface area contributed by atoms with E-state index in [2.05, 4.69) is 4.98 Å². The van der Waals surface area contributed by atoms with Crippen molar-refractivity contribution in [2.45, 2.75) is 13.5 Å². The molecule has 0 saturated heterocycles. The molecular formula is C16H14N2O2. The Morgan fingerprint density at radius 1 is 1.20 bits per heavy atom. The van der Waals surface area contributed by atoms with Crippen LogP contribution in [0.5, 0.6) is 0 Å². The van der Waals surface area contributed by atoms with Crippen molar-refractivity contribution >= 4 is 17.0 Å². The molecule has 0 saturated carbocycles. The number of aryl methyl sites for hydroxylation is 1. The van der Waals surface area contributed by atoms with Gasteiger partial charge in [-0.3, -0.25) is 0 Å². The van der Waals surface area contributed by atoms with Crippen LogP contribution in [0.4, 0.5) is 0 Å². The molecule has 0 fully saturated rings. The maximum absolute atomic E-state index is 11.3. The fraction of sp³-hybridized carbons (Fsp3) is 0.125. The van der Waals surface area contributed by atoms with E-state index in [9.17, 15) is 9.90 Å². The highest BCUT2D eigenvalue weighted by molar-refractivity contribution is 6.01. The van der Waals surface area contributed by atoms with Crippen molar-refractivity contribution < 1.29 is 9.90 Å². The van der Waals surface area contributed by atoms with Gasteiger partial charge < -0.3 is 9.67 Å². The summed E-state index contributed by atoms with van der Waals surface area (Å²) in [4.78, 5) is 15.6. The van der Waals surface area contributed by atoms with Gasteiger partial charge >= 0.3 is 5.97 Å². The molecule has 0 atom stereocenters. The standard InChI is InChI=1S/C16H14N2O2/c1-11-5-7-12(8-6-11)9-18-10-17-14-4-2-3-13(15(14)18)16(19)20/h2-8,10H,9H2,1H3,(H,19,20). The number of hydrogen-bond donors (Lipinski definition) is 1. The Labute approximate surface area is 116 Å². The fourth-order valence-electron chi connectivity index (χ4n) is 2.31. The van der Waals surface area contributed by atoms with E-state index < -0.39 is 5.97 Å². The summed E-state index contributed by atoms with van der Waals surface area (Å²) in [5.41, 5.74) is 3.98. The van der Waals surface area contributed by atoms with E-state index in [1.807, 2.05) is 41.8 Å². The summed E-state index contributed by atoms with van der Waals surface area (Å²) in [7, 11) is 0. The van der Waals surface area contributed by atoms with E-state index in [0.29, 0.717) is 17.6 Å². The molecule has 4 heteroatoms. The summed E-state index contributed by atoms with van der Waals surface area (Å²) in [5, 5.41) is 9.29. The van der Waals surface area contributed by atoms with Gasteiger partial charge in [0.1, 0.15) is 0 Å². The third-order valence-electron chi connectivity index (χ3n) is 3.34. The van der Waals surface area contributed by atoms with Crippen LogP contribution < -0.4 is 0 Å². The molecule has 0 aliphatic rings. The van der Waals surface area contributed by atoms with E-state index in [4.69, 9.17) is 0 Å². The van der Waals surface area contributed by atoms with Gasteiger partial charge in [0, 0.05) is 6.54 Å². The number of carbonyl (C=O) groups is 1. The Bertz CT molecular complexity index is 773. The highest BCUT2D eigenvalue weighted by atomic mass is 16.4. The minimum atomic E-state index is -0.929. The predicted octanol–water partition coefficient (Wildman–Crippen LogP) is 3.09. The molecule has 0 spiro atoms. The smallest absolute Gasteiger partial charge is 0.337 e. The monoisotopic (exact) mass is 266 g/mol. The van der Waals surface area contributed by atoms with Crippen molar-refractivity contribution in [3.63, 3.8) is 0 Å². The quantitative estimate of drug-likeness (QED) is 0.792. The summed E-state index contributed by atoms with van der Waals surface area (Å²) in [6.07, 6.45) is 1.69. The number of imidazole rings is 1. The first-order valence-corrected chi connectivity index (χ1v) is 6.38. The second kappa shape index (κ2) is 4.81. The van der Waals surface area contributed by atoms with E-state index in [1.54, 1.807) is 18.5 Å². The molecule has 1 N–H and O–H groups in total. The molecule has 3 rings (SSSR count). The van der Waals surface area contributed by atoms with E-state index >= 15 is 0 Å². The molecule has 20 heavy (non-hydrogen) atoms. The number of fused-ring (bicyclic) bond motifs is 1. The van der Waals surface area contributed by atoms with Gasteiger partial charge in [-0.25, -0.2) is 9.78 Å². The zero-order valence-corrected chi connectivity index (χ0v) is 11.1. The SMILES string of the molecule is Cc1ccc(Cn2cnc3cccc(C(=O)O)c32)cc1. The van der Waals surface area contributed by atoms with Crippen LogP contribution >= 0.6 is 0 Å². The van der Waals surface area contributed by atoms with Gasteiger partial charge in [-0.05, 0) is 24.6 Å². The lowest BCUT2D eigenvalue weighted by molar-refractivity contribution is 0.0698. The molecular weight excluding hydrogens is 252 g/mol. The number of nitrogens with zero attached hydrogens (tertiary/aromatic N) is 2. The number of rotatable bonds is 3. The lowest BCUT2D eigenvalue weighted by Gasteiger charge is -2.07. The van der Waals surface area contributed by atoms with E-state index in [-0.39, 0.29) is 5.56 Å².